The highest BCUT2D eigenvalue weighted by atomic mass is 16.6. The average Bonchev–Trinajstić information content (AvgIpc) is 2.91. The zero-order valence-electron chi connectivity index (χ0n) is 13.3. The number of nitro benzene ring substituents is 1. The summed E-state index contributed by atoms with van der Waals surface area (Å²) in [6.07, 6.45) is 1.12. The highest BCUT2D eigenvalue weighted by molar-refractivity contribution is 5.62. The first-order valence-corrected chi connectivity index (χ1v) is 7.84. The second-order valence-electron chi connectivity index (χ2n) is 6.46. The van der Waals surface area contributed by atoms with Crippen LogP contribution in [-0.4, -0.2) is 41.1 Å². The summed E-state index contributed by atoms with van der Waals surface area (Å²) < 4.78 is 0. The van der Waals surface area contributed by atoms with Gasteiger partial charge in [0.2, 0.25) is 0 Å². The highest BCUT2D eigenvalue weighted by Crippen LogP contribution is 2.27. The van der Waals surface area contributed by atoms with Crippen LogP contribution in [0.3, 0.4) is 0 Å². The summed E-state index contributed by atoms with van der Waals surface area (Å²) in [5, 5.41) is 23.5. The molecular weight excluding hydrogens is 282 g/mol. The summed E-state index contributed by atoms with van der Waals surface area (Å²) in [5.41, 5.74) is 1.24. The van der Waals surface area contributed by atoms with Crippen LogP contribution in [0, 0.1) is 22.0 Å². The fourth-order valence-corrected chi connectivity index (χ4v) is 3.00. The smallest absolute Gasteiger partial charge is 0.292 e. The van der Waals surface area contributed by atoms with Crippen LogP contribution in [0.25, 0.3) is 0 Å². The molecule has 6 heteroatoms. The number of likely N-dealkylation sites (tertiary alicyclic amines) is 1. The molecule has 1 heterocycles. The average molecular weight is 307 g/mol. The summed E-state index contributed by atoms with van der Waals surface area (Å²) in [4.78, 5) is 13.2. The van der Waals surface area contributed by atoms with Gasteiger partial charge in [-0.05, 0) is 42.5 Å². The normalized spacial score (nSPS) is 18.8. The van der Waals surface area contributed by atoms with Crippen LogP contribution >= 0.6 is 0 Å². The van der Waals surface area contributed by atoms with E-state index in [-0.39, 0.29) is 17.2 Å². The molecule has 1 saturated heterocycles. The van der Waals surface area contributed by atoms with Gasteiger partial charge in [0.15, 0.2) is 0 Å². The lowest BCUT2D eigenvalue weighted by Gasteiger charge is -2.18. The van der Waals surface area contributed by atoms with Crippen molar-refractivity contribution in [2.45, 2.75) is 26.9 Å². The Bertz CT molecular complexity index is 519. The molecule has 0 bridgehead atoms. The Balaban J connectivity index is 1.95. The maximum absolute atomic E-state index is 11.1. The quantitative estimate of drug-likeness (QED) is 0.597. The van der Waals surface area contributed by atoms with Gasteiger partial charge in [-0.25, -0.2) is 0 Å². The van der Waals surface area contributed by atoms with Crippen molar-refractivity contribution in [2.75, 3.05) is 31.5 Å². The van der Waals surface area contributed by atoms with Crippen LogP contribution in [0.15, 0.2) is 18.2 Å². The van der Waals surface area contributed by atoms with Crippen LogP contribution in [0.4, 0.5) is 11.4 Å². The molecule has 0 saturated carbocycles. The molecule has 1 atom stereocenters. The molecule has 6 nitrogen and oxygen atoms in total. The zero-order valence-corrected chi connectivity index (χ0v) is 13.3. The van der Waals surface area contributed by atoms with Crippen molar-refractivity contribution in [1.29, 1.82) is 0 Å². The summed E-state index contributed by atoms with van der Waals surface area (Å²) in [7, 11) is 0. The Morgan fingerprint density at radius 3 is 2.91 bits per heavy atom. The van der Waals surface area contributed by atoms with E-state index < -0.39 is 0 Å². The van der Waals surface area contributed by atoms with E-state index in [2.05, 4.69) is 24.1 Å². The molecular formula is C16H25N3O3. The van der Waals surface area contributed by atoms with E-state index in [0.717, 1.165) is 32.6 Å². The maximum Gasteiger partial charge on any atom is 0.292 e. The van der Waals surface area contributed by atoms with Gasteiger partial charge in [0, 0.05) is 25.7 Å². The SMILES string of the molecule is CC(C)CN1CCC(CNc2cc(CO)ccc2[N+](=O)[O-])C1. The third-order valence-corrected chi connectivity index (χ3v) is 4.01. The number of rotatable bonds is 7. The molecule has 2 rings (SSSR count). The second-order valence-corrected chi connectivity index (χ2v) is 6.46. The van der Waals surface area contributed by atoms with Gasteiger partial charge < -0.3 is 15.3 Å². The molecule has 0 aliphatic carbocycles. The van der Waals surface area contributed by atoms with E-state index in [1.165, 1.54) is 6.07 Å². The number of anilines is 1. The lowest BCUT2D eigenvalue weighted by molar-refractivity contribution is -0.384. The lowest BCUT2D eigenvalue weighted by atomic mass is 10.1. The number of hydrogen-bond donors (Lipinski definition) is 2. The standard InChI is InChI=1S/C16H25N3O3/c1-12(2)9-18-6-5-14(10-18)8-17-15-7-13(11-20)3-4-16(15)19(21)22/h3-4,7,12,14,17,20H,5-6,8-11H2,1-2H3. The molecule has 0 radical (unpaired) electrons. The molecule has 1 aliphatic heterocycles. The molecule has 2 N–H and O–H groups in total. The Morgan fingerprint density at radius 2 is 2.27 bits per heavy atom. The van der Waals surface area contributed by atoms with E-state index in [9.17, 15) is 15.2 Å². The summed E-state index contributed by atoms with van der Waals surface area (Å²) >= 11 is 0. The highest BCUT2D eigenvalue weighted by Gasteiger charge is 2.23. The van der Waals surface area contributed by atoms with Crippen molar-refractivity contribution in [3.8, 4) is 0 Å². The fourth-order valence-electron chi connectivity index (χ4n) is 3.00. The number of aliphatic hydroxyl groups is 1. The summed E-state index contributed by atoms with van der Waals surface area (Å²) in [6, 6.07) is 4.70. The van der Waals surface area contributed by atoms with E-state index >= 15 is 0 Å². The molecule has 1 unspecified atom stereocenters. The van der Waals surface area contributed by atoms with Gasteiger partial charge in [0.25, 0.3) is 5.69 Å². The van der Waals surface area contributed by atoms with E-state index in [1.54, 1.807) is 12.1 Å². The van der Waals surface area contributed by atoms with Crippen LogP contribution in [-0.2, 0) is 6.61 Å². The van der Waals surface area contributed by atoms with Crippen molar-refractivity contribution in [3.63, 3.8) is 0 Å². The van der Waals surface area contributed by atoms with Gasteiger partial charge in [-0.3, -0.25) is 10.1 Å². The first kappa shape index (κ1) is 16.7. The molecule has 1 aliphatic rings. The van der Waals surface area contributed by atoms with Gasteiger partial charge in [0.05, 0.1) is 11.5 Å². The van der Waals surface area contributed by atoms with Crippen LogP contribution in [0.5, 0.6) is 0 Å². The fraction of sp³-hybridized carbons (Fsp3) is 0.625. The zero-order chi connectivity index (χ0) is 16.1. The lowest BCUT2D eigenvalue weighted by Crippen LogP contribution is -2.26. The van der Waals surface area contributed by atoms with Crippen LogP contribution in [0.2, 0.25) is 0 Å². The number of hydrogen-bond acceptors (Lipinski definition) is 5. The van der Waals surface area contributed by atoms with E-state index in [4.69, 9.17) is 0 Å². The van der Waals surface area contributed by atoms with E-state index in [1.807, 2.05) is 0 Å². The van der Waals surface area contributed by atoms with Gasteiger partial charge in [-0.15, -0.1) is 0 Å². The Hall–Kier alpha value is -1.66. The predicted molar refractivity (Wildman–Crippen MR) is 86.9 cm³/mol. The minimum absolute atomic E-state index is 0.0641. The third-order valence-electron chi connectivity index (χ3n) is 4.01. The molecule has 1 aromatic carbocycles. The molecule has 22 heavy (non-hydrogen) atoms. The van der Waals surface area contributed by atoms with E-state index in [0.29, 0.717) is 23.1 Å². The number of nitro groups is 1. The largest absolute Gasteiger partial charge is 0.392 e. The van der Waals surface area contributed by atoms with Crippen molar-refractivity contribution in [2.24, 2.45) is 11.8 Å². The summed E-state index contributed by atoms with van der Waals surface area (Å²) in [5.74, 6) is 1.17. The monoisotopic (exact) mass is 307 g/mol. The maximum atomic E-state index is 11.1. The third kappa shape index (κ3) is 4.42. The van der Waals surface area contributed by atoms with Crippen molar-refractivity contribution in [1.82, 2.24) is 4.90 Å². The minimum Gasteiger partial charge on any atom is -0.392 e. The molecule has 0 amide bonds. The molecule has 0 spiro atoms. The number of nitrogens with zero attached hydrogens (tertiary/aromatic N) is 2. The van der Waals surface area contributed by atoms with Crippen molar-refractivity contribution < 1.29 is 10.0 Å². The molecule has 1 fully saturated rings. The number of aliphatic hydroxyl groups excluding tert-OH is 1. The Morgan fingerprint density at radius 1 is 1.50 bits per heavy atom. The topological polar surface area (TPSA) is 78.6 Å². The number of benzene rings is 1. The molecule has 122 valence electrons. The molecule has 1 aromatic rings. The Labute approximate surface area is 131 Å². The predicted octanol–water partition coefficient (Wildman–Crippen LogP) is 2.48. The second kappa shape index (κ2) is 7.56. The first-order valence-electron chi connectivity index (χ1n) is 7.84. The van der Waals surface area contributed by atoms with Crippen LogP contribution < -0.4 is 5.32 Å². The first-order chi connectivity index (χ1) is 10.5. The van der Waals surface area contributed by atoms with Crippen LogP contribution in [0.1, 0.15) is 25.8 Å². The number of nitrogens with one attached hydrogen (secondary N) is 1. The minimum atomic E-state index is -0.386. The van der Waals surface area contributed by atoms with Crippen molar-refractivity contribution >= 4 is 11.4 Å². The van der Waals surface area contributed by atoms with Crippen molar-refractivity contribution in [3.05, 3.63) is 33.9 Å². The Kier molecular flexibility index (Phi) is 5.74. The van der Waals surface area contributed by atoms with Gasteiger partial charge in [-0.1, -0.05) is 13.8 Å². The molecule has 0 aromatic heterocycles. The van der Waals surface area contributed by atoms with Gasteiger partial charge >= 0.3 is 0 Å². The summed E-state index contributed by atoms with van der Waals surface area (Å²) in [6.45, 7) is 8.30. The van der Waals surface area contributed by atoms with Gasteiger partial charge in [-0.2, -0.15) is 0 Å². The van der Waals surface area contributed by atoms with Gasteiger partial charge in [0.1, 0.15) is 5.69 Å².